The molecule has 0 radical (unpaired) electrons. The van der Waals surface area contributed by atoms with Crippen molar-refractivity contribution in [2.45, 2.75) is 39.8 Å². The van der Waals surface area contributed by atoms with Crippen LogP contribution in [-0.2, 0) is 0 Å². The van der Waals surface area contributed by atoms with Crippen LogP contribution in [0.3, 0.4) is 0 Å². The Morgan fingerprint density at radius 2 is 2.00 bits per heavy atom. The molecule has 114 valence electrons. The van der Waals surface area contributed by atoms with Crippen LogP contribution in [-0.4, -0.2) is 22.4 Å². The first-order valence-electron chi connectivity index (χ1n) is 7.02. The van der Waals surface area contributed by atoms with Gasteiger partial charge in [0.25, 0.3) is 5.91 Å². The number of thiophene rings is 1. The van der Waals surface area contributed by atoms with Crippen molar-refractivity contribution in [3.8, 4) is 0 Å². The lowest BCUT2D eigenvalue weighted by Crippen LogP contribution is -2.31. The van der Waals surface area contributed by atoms with E-state index in [-0.39, 0.29) is 18.0 Å². The molecule has 2 heterocycles. The van der Waals surface area contributed by atoms with Gasteiger partial charge >= 0.3 is 0 Å². The molecule has 0 N–H and O–H groups in total. The molecule has 0 aliphatic carbocycles. The average molecular weight is 369 g/mol. The number of hydrogen-bond donors (Lipinski definition) is 0. The van der Waals surface area contributed by atoms with Gasteiger partial charge < -0.3 is 9.47 Å². The second kappa shape index (κ2) is 6.36. The second-order valence-corrected chi connectivity index (χ2v) is 7.82. The van der Waals surface area contributed by atoms with E-state index in [1.165, 1.54) is 9.75 Å². The fourth-order valence-corrected chi connectivity index (χ4v) is 3.68. The van der Waals surface area contributed by atoms with E-state index < -0.39 is 0 Å². The molecule has 1 atom stereocenters. The van der Waals surface area contributed by atoms with Gasteiger partial charge in [-0.2, -0.15) is 0 Å². The van der Waals surface area contributed by atoms with E-state index in [1.807, 2.05) is 28.8 Å². The van der Waals surface area contributed by atoms with E-state index in [0.29, 0.717) is 0 Å². The number of carbonyl (C=O) groups is 1. The third kappa shape index (κ3) is 3.40. The van der Waals surface area contributed by atoms with E-state index in [1.54, 1.807) is 11.3 Å². The van der Waals surface area contributed by atoms with Crippen molar-refractivity contribution >= 4 is 33.2 Å². The number of carbonyl (C=O) groups excluding carboxylic acids is 1. The Morgan fingerprint density at radius 3 is 2.52 bits per heavy atom. The van der Waals surface area contributed by atoms with Crippen molar-refractivity contribution in [1.82, 2.24) is 9.47 Å². The first kappa shape index (κ1) is 16.3. The van der Waals surface area contributed by atoms with Crippen molar-refractivity contribution in [1.29, 1.82) is 0 Å². The van der Waals surface area contributed by atoms with Crippen molar-refractivity contribution in [3.63, 3.8) is 0 Å². The predicted octanol–water partition coefficient (Wildman–Crippen LogP) is 5.03. The molecule has 2 rings (SSSR count). The van der Waals surface area contributed by atoms with Crippen molar-refractivity contribution in [2.24, 2.45) is 0 Å². The number of rotatable bonds is 4. The lowest BCUT2D eigenvalue weighted by Gasteiger charge is -2.25. The Balaban J connectivity index is 2.27. The Morgan fingerprint density at radius 1 is 1.33 bits per heavy atom. The summed E-state index contributed by atoms with van der Waals surface area (Å²) in [6.07, 6.45) is 1.96. The largest absolute Gasteiger partial charge is 0.340 e. The molecule has 3 nitrogen and oxygen atoms in total. The van der Waals surface area contributed by atoms with E-state index >= 15 is 0 Å². The second-order valence-electron chi connectivity index (χ2n) is 5.59. The van der Waals surface area contributed by atoms with Crippen molar-refractivity contribution in [3.05, 3.63) is 44.3 Å². The molecule has 1 amide bonds. The van der Waals surface area contributed by atoms with Crippen LogP contribution in [0.5, 0.6) is 0 Å². The molecular formula is C16H21BrN2OS. The van der Waals surface area contributed by atoms with Crippen LogP contribution >= 0.6 is 27.3 Å². The first-order valence-corrected chi connectivity index (χ1v) is 8.63. The SMILES string of the molecule is Cc1ccc(C(C)N(C)C(=O)c2cc(Br)cn2C(C)C)s1. The summed E-state index contributed by atoms with van der Waals surface area (Å²) >= 11 is 5.21. The Labute approximate surface area is 138 Å². The molecule has 0 fully saturated rings. The molecule has 5 heteroatoms. The van der Waals surface area contributed by atoms with Crippen LogP contribution in [0.1, 0.15) is 53.1 Å². The summed E-state index contributed by atoms with van der Waals surface area (Å²) in [5.74, 6) is 0.0490. The minimum atomic E-state index is 0.0490. The van der Waals surface area contributed by atoms with Crippen molar-refractivity contribution in [2.75, 3.05) is 7.05 Å². The monoisotopic (exact) mass is 368 g/mol. The average Bonchev–Trinajstić information content (AvgIpc) is 3.02. The normalized spacial score (nSPS) is 12.7. The van der Waals surface area contributed by atoms with Crippen LogP contribution in [0.25, 0.3) is 0 Å². The van der Waals surface area contributed by atoms with E-state index in [4.69, 9.17) is 0 Å². The van der Waals surface area contributed by atoms with Gasteiger partial charge in [0.15, 0.2) is 0 Å². The fourth-order valence-electron chi connectivity index (χ4n) is 2.27. The van der Waals surface area contributed by atoms with E-state index in [9.17, 15) is 4.79 Å². The van der Waals surface area contributed by atoms with Crippen LogP contribution in [0.15, 0.2) is 28.9 Å². The fraction of sp³-hybridized carbons (Fsp3) is 0.438. The summed E-state index contributed by atoms with van der Waals surface area (Å²) in [5, 5.41) is 0. The van der Waals surface area contributed by atoms with E-state index in [2.05, 4.69) is 55.8 Å². The molecule has 0 saturated heterocycles. The number of aryl methyl sites for hydroxylation is 1. The molecule has 0 aromatic carbocycles. The molecule has 2 aromatic heterocycles. The third-order valence-corrected chi connectivity index (χ3v) is 5.27. The number of hydrogen-bond acceptors (Lipinski definition) is 2. The van der Waals surface area contributed by atoms with Gasteiger partial charge in [-0.1, -0.05) is 0 Å². The van der Waals surface area contributed by atoms with Gasteiger partial charge in [-0.15, -0.1) is 11.3 Å². The summed E-state index contributed by atoms with van der Waals surface area (Å²) in [6.45, 7) is 8.31. The number of nitrogens with zero attached hydrogens (tertiary/aromatic N) is 2. The maximum absolute atomic E-state index is 12.8. The Kier molecular flexibility index (Phi) is 4.94. The molecular weight excluding hydrogens is 348 g/mol. The molecule has 21 heavy (non-hydrogen) atoms. The zero-order valence-corrected chi connectivity index (χ0v) is 15.5. The minimum Gasteiger partial charge on any atom is -0.340 e. The van der Waals surface area contributed by atoms with Crippen LogP contribution in [0.2, 0.25) is 0 Å². The zero-order valence-electron chi connectivity index (χ0n) is 13.1. The van der Waals surface area contributed by atoms with Gasteiger partial charge in [-0.05, 0) is 61.8 Å². The topological polar surface area (TPSA) is 25.2 Å². The maximum Gasteiger partial charge on any atom is 0.270 e. The summed E-state index contributed by atoms with van der Waals surface area (Å²) in [6, 6.07) is 6.42. The molecule has 0 saturated carbocycles. The maximum atomic E-state index is 12.8. The highest BCUT2D eigenvalue weighted by molar-refractivity contribution is 9.10. The molecule has 0 aliphatic heterocycles. The van der Waals surface area contributed by atoms with Gasteiger partial charge in [-0.3, -0.25) is 4.79 Å². The molecule has 0 spiro atoms. The third-order valence-electron chi connectivity index (χ3n) is 3.66. The molecule has 0 bridgehead atoms. The van der Waals surface area contributed by atoms with Crippen molar-refractivity contribution < 1.29 is 4.79 Å². The number of aromatic nitrogens is 1. The first-order chi connectivity index (χ1) is 9.81. The van der Waals surface area contributed by atoms with E-state index in [0.717, 1.165) is 10.2 Å². The quantitative estimate of drug-likeness (QED) is 0.742. The van der Waals surface area contributed by atoms with Gasteiger partial charge in [0.2, 0.25) is 0 Å². The standard InChI is InChI=1S/C16H21BrN2OS/c1-10(2)19-9-13(17)8-14(19)16(20)18(5)12(4)15-7-6-11(3)21-15/h6-10,12H,1-5H3. The highest BCUT2D eigenvalue weighted by Gasteiger charge is 2.23. The van der Waals surface area contributed by atoms with Gasteiger partial charge in [-0.25, -0.2) is 0 Å². The summed E-state index contributed by atoms with van der Waals surface area (Å²) < 4.78 is 2.95. The number of halogens is 1. The smallest absolute Gasteiger partial charge is 0.270 e. The zero-order chi connectivity index (χ0) is 15.7. The number of amides is 1. The molecule has 0 aliphatic rings. The van der Waals surface area contributed by atoms with Crippen LogP contribution in [0, 0.1) is 6.92 Å². The Hall–Kier alpha value is -1.07. The predicted molar refractivity (Wildman–Crippen MR) is 92.1 cm³/mol. The van der Waals surface area contributed by atoms with Gasteiger partial charge in [0.05, 0.1) is 6.04 Å². The van der Waals surface area contributed by atoms with Crippen LogP contribution in [0.4, 0.5) is 0 Å². The minimum absolute atomic E-state index is 0.0490. The summed E-state index contributed by atoms with van der Waals surface area (Å²) in [4.78, 5) is 17.1. The lowest BCUT2D eigenvalue weighted by atomic mass is 10.2. The lowest BCUT2D eigenvalue weighted by molar-refractivity contribution is 0.0732. The highest BCUT2D eigenvalue weighted by atomic mass is 79.9. The molecule has 1 unspecified atom stereocenters. The summed E-state index contributed by atoms with van der Waals surface area (Å²) in [5.41, 5.74) is 0.722. The highest BCUT2D eigenvalue weighted by Crippen LogP contribution is 2.28. The van der Waals surface area contributed by atoms with Crippen LogP contribution < -0.4 is 0 Å². The summed E-state index contributed by atoms with van der Waals surface area (Å²) in [7, 11) is 1.87. The van der Waals surface area contributed by atoms with Gasteiger partial charge in [0.1, 0.15) is 5.69 Å². The van der Waals surface area contributed by atoms with Gasteiger partial charge in [0, 0.05) is 33.5 Å². The Bertz CT molecular complexity index is 644. The molecule has 2 aromatic rings.